The highest BCUT2D eigenvalue weighted by Gasteiger charge is 2.44. The van der Waals surface area contributed by atoms with E-state index in [4.69, 9.17) is 9.47 Å². The Morgan fingerprint density at radius 2 is 0.914 bits per heavy atom. The highest BCUT2D eigenvalue weighted by Crippen LogP contribution is 2.56. The van der Waals surface area contributed by atoms with Crippen molar-refractivity contribution < 1.29 is 19.1 Å². The van der Waals surface area contributed by atoms with Crippen LogP contribution in [0.4, 0.5) is 0 Å². The summed E-state index contributed by atoms with van der Waals surface area (Å²) in [5, 5.41) is 4.18. The van der Waals surface area contributed by atoms with Crippen molar-refractivity contribution >= 4 is 46.9 Å². The molecule has 0 radical (unpaired) electrons. The second-order valence-corrected chi connectivity index (χ2v) is 20.5. The maximum absolute atomic E-state index is 14.0. The van der Waals surface area contributed by atoms with Gasteiger partial charge in [-0.2, -0.15) is 0 Å². The van der Waals surface area contributed by atoms with Crippen LogP contribution < -0.4 is 15.9 Å². The smallest absolute Gasteiger partial charge is 0.310 e. The quantitative estimate of drug-likeness (QED) is 0.0353. The fourth-order valence-electron chi connectivity index (χ4n) is 7.77. The zero-order valence-electron chi connectivity index (χ0n) is 34.0. The molecule has 6 aromatic carbocycles. The van der Waals surface area contributed by atoms with Crippen LogP contribution in [-0.4, -0.2) is 36.1 Å². The lowest BCUT2D eigenvalue weighted by Crippen LogP contribution is -2.33. The number of hydrogen-bond acceptors (Lipinski definition) is 5. The first kappa shape index (κ1) is 42.6. The van der Waals surface area contributed by atoms with Gasteiger partial charge in [0.2, 0.25) is 0 Å². The minimum atomic E-state index is -1.89. The van der Waals surface area contributed by atoms with Gasteiger partial charge in [0, 0.05) is 5.75 Å². The van der Waals surface area contributed by atoms with Crippen LogP contribution >= 0.6 is 19.0 Å². The first-order chi connectivity index (χ1) is 28.2. The highest BCUT2D eigenvalue weighted by molar-refractivity contribution is 8.00. The van der Waals surface area contributed by atoms with E-state index in [1.807, 2.05) is 39.0 Å². The molecule has 0 unspecified atom stereocenters. The van der Waals surface area contributed by atoms with Crippen molar-refractivity contribution in [2.24, 2.45) is 5.92 Å². The first-order valence-corrected chi connectivity index (χ1v) is 23.4. The van der Waals surface area contributed by atoms with Gasteiger partial charge in [-0.25, -0.2) is 0 Å². The van der Waals surface area contributed by atoms with E-state index in [1.165, 1.54) is 15.9 Å². The summed E-state index contributed by atoms with van der Waals surface area (Å²) in [6, 6.07) is 64.2. The van der Waals surface area contributed by atoms with Crippen LogP contribution in [-0.2, 0) is 23.8 Å². The van der Waals surface area contributed by atoms with Crippen LogP contribution in [0.3, 0.4) is 0 Å². The van der Waals surface area contributed by atoms with Crippen molar-refractivity contribution in [3.63, 3.8) is 0 Å². The zero-order valence-corrected chi connectivity index (χ0v) is 35.8. The molecule has 0 aliphatic carbocycles. The summed E-state index contributed by atoms with van der Waals surface area (Å²) in [5.41, 5.74) is 2.63. The lowest BCUT2D eigenvalue weighted by Gasteiger charge is -2.36. The SMILES string of the molecule is CC(C)(C)OC(=O)C[C@H](CSC(c1ccccc1)(c1ccccc1)c1ccccc1)C(=O)OCCCCCC[P+](c1ccccc1)(c1ccccc1)c1ccccc1. The Kier molecular flexibility index (Phi) is 15.2. The van der Waals surface area contributed by atoms with Crippen molar-refractivity contribution in [1.29, 1.82) is 0 Å². The molecule has 0 amide bonds. The van der Waals surface area contributed by atoms with E-state index < -0.39 is 29.5 Å². The van der Waals surface area contributed by atoms with Crippen LogP contribution in [0.1, 0.15) is 69.6 Å². The average molecular weight is 808 g/mol. The predicted molar refractivity (Wildman–Crippen MR) is 245 cm³/mol. The molecule has 4 nitrogen and oxygen atoms in total. The van der Waals surface area contributed by atoms with E-state index in [0.29, 0.717) is 12.4 Å². The van der Waals surface area contributed by atoms with Gasteiger partial charge in [0.15, 0.2) is 0 Å². The summed E-state index contributed by atoms with van der Waals surface area (Å²) in [5.74, 6) is -1.09. The van der Waals surface area contributed by atoms with Crippen molar-refractivity contribution in [1.82, 2.24) is 0 Å². The van der Waals surface area contributed by atoms with E-state index in [1.54, 1.807) is 11.8 Å². The average Bonchev–Trinajstić information content (AvgIpc) is 3.26. The predicted octanol–water partition coefficient (Wildman–Crippen LogP) is 11.2. The Bertz CT molecular complexity index is 1930. The number of rotatable bonds is 19. The normalized spacial score (nSPS) is 12.4. The fraction of sp³-hybridized carbons (Fsp3) is 0.269. The van der Waals surface area contributed by atoms with E-state index >= 15 is 0 Å². The molecule has 0 N–H and O–H groups in total. The molecular formula is C52H56O4PS+. The van der Waals surface area contributed by atoms with Crippen LogP contribution in [0.5, 0.6) is 0 Å². The molecule has 0 bridgehead atoms. The summed E-state index contributed by atoms with van der Waals surface area (Å²) >= 11 is 1.67. The highest BCUT2D eigenvalue weighted by atomic mass is 32.2. The zero-order chi connectivity index (χ0) is 40.7. The largest absolute Gasteiger partial charge is 0.465 e. The number of hydrogen-bond donors (Lipinski definition) is 0. The van der Waals surface area contributed by atoms with Crippen LogP contribution in [0.15, 0.2) is 182 Å². The summed E-state index contributed by atoms with van der Waals surface area (Å²) < 4.78 is 11.1. The third kappa shape index (κ3) is 10.7. The second kappa shape index (κ2) is 20.6. The summed E-state index contributed by atoms with van der Waals surface area (Å²) in [6.07, 6.45) is 4.78. The lowest BCUT2D eigenvalue weighted by atomic mass is 9.84. The van der Waals surface area contributed by atoms with Gasteiger partial charge in [0.25, 0.3) is 0 Å². The molecule has 0 heterocycles. The molecule has 298 valence electrons. The summed E-state index contributed by atoms with van der Waals surface area (Å²) in [4.78, 5) is 27.3. The number of esters is 2. The second-order valence-electron chi connectivity index (χ2n) is 15.7. The van der Waals surface area contributed by atoms with Crippen molar-refractivity contribution in [2.45, 2.75) is 63.2 Å². The fourth-order valence-corrected chi connectivity index (χ4v) is 13.8. The lowest BCUT2D eigenvalue weighted by molar-refractivity contribution is -0.161. The van der Waals surface area contributed by atoms with E-state index in [2.05, 4.69) is 164 Å². The third-order valence-corrected chi connectivity index (χ3v) is 16.7. The Hall–Kier alpha value is -4.96. The van der Waals surface area contributed by atoms with E-state index in [-0.39, 0.29) is 12.4 Å². The number of carbonyl (C=O) groups excluding carboxylic acids is 2. The summed E-state index contributed by atoms with van der Waals surface area (Å²) in [7, 11) is -1.89. The Labute approximate surface area is 350 Å². The third-order valence-electron chi connectivity index (χ3n) is 10.4. The van der Waals surface area contributed by atoms with E-state index in [9.17, 15) is 9.59 Å². The molecule has 58 heavy (non-hydrogen) atoms. The van der Waals surface area contributed by atoms with Gasteiger partial charge in [0.05, 0.1) is 29.9 Å². The summed E-state index contributed by atoms with van der Waals surface area (Å²) in [6.45, 7) is 5.86. The molecular weight excluding hydrogens is 752 g/mol. The maximum Gasteiger partial charge on any atom is 0.310 e. The number of benzene rings is 6. The van der Waals surface area contributed by atoms with Gasteiger partial charge in [0.1, 0.15) is 28.8 Å². The number of unbranched alkanes of at least 4 members (excludes halogenated alkanes) is 3. The van der Waals surface area contributed by atoms with Crippen molar-refractivity contribution in [2.75, 3.05) is 18.5 Å². The van der Waals surface area contributed by atoms with E-state index in [0.717, 1.165) is 48.5 Å². The maximum atomic E-state index is 14.0. The Morgan fingerprint density at radius 1 is 0.534 bits per heavy atom. The molecule has 0 aliphatic rings. The van der Waals surface area contributed by atoms with Crippen molar-refractivity contribution in [3.8, 4) is 0 Å². The molecule has 0 saturated heterocycles. The van der Waals surface area contributed by atoms with Crippen LogP contribution in [0.2, 0.25) is 0 Å². The first-order valence-electron chi connectivity index (χ1n) is 20.5. The van der Waals surface area contributed by atoms with Gasteiger partial charge in [-0.1, -0.05) is 146 Å². The van der Waals surface area contributed by atoms with Gasteiger partial charge in [-0.05, 0) is 99.5 Å². The number of ether oxygens (including phenoxy) is 2. The molecule has 0 fully saturated rings. The molecule has 0 aromatic heterocycles. The topological polar surface area (TPSA) is 52.6 Å². The monoisotopic (exact) mass is 807 g/mol. The van der Waals surface area contributed by atoms with Crippen LogP contribution in [0, 0.1) is 5.92 Å². The number of thioether (sulfide) groups is 1. The molecule has 0 saturated carbocycles. The minimum Gasteiger partial charge on any atom is -0.465 e. The molecule has 0 spiro atoms. The van der Waals surface area contributed by atoms with Gasteiger partial charge in [-0.15, -0.1) is 11.8 Å². The van der Waals surface area contributed by atoms with Gasteiger partial charge in [-0.3, -0.25) is 9.59 Å². The van der Waals surface area contributed by atoms with Gasteiger partial charge < -0.3 is 9.47 Å². The number of carbonyl (C=O) groups is 2. The molecule has 6 heteroatoms. The molecule has 1 atom stereocenters. The molecule has 6 aromatic rings. The van der Waals surface area contributed by atoms with Gasteiger partial charge >= 0.3 is 11.9 Å². The molecule has 0 aliphatic heterocycles. The Morgan fingerprint density at radius 3 is 1.31 bits per heavy atom. The standard InChI is InChI=1S/C52H56O4PS/c1-51(2,3)56-49(53)40-42(41-58-52(43-26-12-6-13-27-43,44-28-14-7-15-29-44)45-30-16-8-17-31-45)50(54)55-38-24-4-5-25-39-57(46-32-18-9-19-33-46,47-34-20-10-21-35-47)48-36-22-11-23-37-48/h6-23,26-37,42H,4-5,24-25,38-41H2,1-3H3/q+1/t42-/m1/s1. The molecule has 6 rings (SSSR count). The Balaban J connectivity index is 1.15. The van der Waals surface area contributed by atoms with Crippen LogP contribution in [0.25, 0.3) is 0 Å². The van der Waals surface area contributed by atoms with Crippen molar-refractivity contribution in [3.05, 3.63) is 199 Å². The minimum absolute atomic E-state index is 0.0538.